The molecule has 0 aliphatic carbocycles. The van der Waals surface area contributed by atoms with Crippen molar-refractivity contribution in [2.75, 3.05) is 26.0 Å². The topological polar surface area (TPSA) is 54.5 Å². The summed E-state index contributed by atoms with van der Waals surface area (Å²) in [5, 5.41) is 3.56. The zero-order valence-corrected chi connectivity index (χ0v) is 12.8. The minimum absolute atomic E-state index is 0.128. The number of ether oxygens (including phenoxy) is 1. The van der Waals surface area contributed by atoms with Crippen LogP contribution < -0.4 is 5.32 Å². The van der Waals surface area contributed by atoms with Crippen LogP contribution >= 0.6 is 11.3 Å². The van der Waals surface area contributed by atoms with Gasteiger partial charge in [-0.2, -0.15) is 0 Å². The van der Waals surface area contributed by atoms with Crippen LogP contribution in [-0.4, -0.2) is 42.1 Å². The van der Waals surface area contributed by atoms with E-state index < -0.39 is 5.60 Å². The molecular weight excluding hydrogens is 262 g/mol. The average Bonchev–Trinajstić information content (AvgIpc) is 2.78. The SMILES string of the molecule is CCC(C)(OC)C(=O)Nc1nc2c(s1)CN(C)CC2. The Morgan fingerprint density at radius 2 is 2.37 bits per heavy atom. The first-order valence-corrected chi connectivity index (χ1v) is 7.34. The number of anilines is 1. The van der Waals surface area contributed by atoms with Crippen LogP contribution in [0.4, 0.5) is 5.13 Å². The van der Waals surface area contributed by atoms with Crippen LogP contribution in [0.1, 0.15) is 30.8 Å². The van der Waals surface area contributed by atoms with Crippen LogP contribution in [-0.2, 0) is 22.5 Å². The quantitative estimate of drug-likeness (QED) is 0.917. The van der Waals surface area contributed by atoms with E-state index in [1.54, 1.807) is 25.4 Å². The van der Waals surface area contributed by atoms with Gasteiger partial charge in [-0.1, -0.05) is 6.92 Å². The molecule has 19 heavy (non-hydrogen) atoms. The highest BCUT2D eigenvalue weighted by atomic mass is 32.1. The van der Waals surface area contributed by atoms with Gasteiger partial charge in [0.1, 0.15) is 5.60 Å². The number of aromatic nitrogens is 1. The lowest BCUT2D eigenvalue weighted by atomic mass is 10.0. The number of likely N-dealkylation sites (N-methyl/N-ethyl adjacent to an activating group) is 1. The van der Waals surface area contributed by atoms with Crippen LogP contribution in [0.15, 0.2) is 0 Å². The number of carbonyl (C=O) groups is 1. The van der Waals surface area contributed by atoms with Gasteiger partial charge in [0.2, 0.25) is 0 Å². The Labute approximate surface area is 118 Å². The Bertz CT molecular complexity index is 468. The molecule has 1 unspecified atom stereocenters. The lowest BCUT2D eigenvalue weighted by molar-refractivity contribution is -0.136. The van der Waals surface area contributed by atoms with Crippen molar-refractivity contribution >= 4 is 22.4 Å². The monoisotopic (exact) mass is 283 g/mol. The third-order valence-corrected chi connectivity index (χ3v) is 4.75. The number of hydrogen-bond donors (Lipinski definition) is 1. The van der Waals surface area contributed by atoms with Gasteiger partial charge in [-0.15, -0.1) is 11.3 Å². The van der Waals surface area contributed by atoms with E-state index in [1.165, 1.54) is 4.88 Å². The number of carbonyl (C=O) groups excluding carboxylic acids is 1. The van der Waals surface area contributed by atoms with Gasteiger partial charge in [-0.25, -0.2) is 4.98 Å². The number of hydrogen-bond acceptors (Lipinski definition) is 5. The molecule has 106 valence electrons. The van der Waals surface area contributed by atoms with Gasteiger partial charge in [-0.3, -0.25) is 10.1 Å². The zero-order valence-electron chi connectivity index (χ0n) is 11.9. The van der Waals surface area contributed by atoms with Crippen LogP contribution in [0, 0.1) is 0 Å². The largest absolute Gasteiger partial charge is 0.369 e. The molecule has 0 spiro atoms. The van der Waals surface area contributed by atoms with Crippen LogP contribution in [0.5, 0.6) is 0 Å². The van der Waals surface area contributed by atoms with E-state index in [9.17, 15) is 4.79 Å². The molecule has 0 bridgehead atoms. The van der Waals surface area contributed by atoms with E-state index in [-0.39, 0.29) is 5.91 Å². The number of nitrogens with one attached hydrogen (secondary N) is 1. The van der Waals surface area contributed by atoms with Gasteiger partial charge in [0.25, 0.3) is 5.91 Å². The van der Waals surface area contributed by atoms with E-state index in [0.29, 0.717) is 11.6 Å². The Morgan fingerprint density at radius 1 is 1.63 bits per heavy atom. The Hall–Kier alpha value is -0.980. The first-order valence-electron chi connectivity index (χ1n) is 6.52. The summed E-state index contributed by atoms with van der Waals surface area (Å²) in [6.45, 7) is 5.67. The van der Waals surface area contributed by atoms with Gasteiger partial charge < -0.3 is 9.64 Å². The van der Waals surface area contributed by atoms with Crippen molar-refractivity contribution in [3.8, 4) is 0 Å². The summed E-state index contributed by atoms with van der Waals surface area (Å²) in [4.78, 5) is 20.2. The van der Waals surface area contributed by atoms with Gasteiger partial charge in [0.05, 0.1) is 5.69 Å². The summed E-state index contributed by atoms with van der Waals surface area (Å²) in [6.07, 6.45) is 1.58. The molecule has 0 radical (unpaired) electrons. The number of thiazole rings is 1. The minimum Gasteiger partial charge on any atom is -0.369 e. The fourth-order valence-corrected chi connectivity index (χ4v) is 3.09. The molecule has 0 saturated carbocycles. The maximum absolute atomic E-state index is 12.2. The molecule has 1 aromatic rings. The number of amides is 1. The third-order valence-electron chi connectivity index (χ3n) is 3.75. The van der Waals surface area contributed by atoms with Gasteiger partial charge in [0.15, 0.2) is 5.13 Å². The lowest BCUT2D eigenvalue weighted by Crippen LogP contribution is -2.41. The number of fused-ring (bicyclic) bond motifs is 1. The fourth-order valence-electron chi connectivity index (χ4n) is 2.00. The second-order valence-corrected chi connectivity index (χ2v) is 6.20. The van der Waals surface area contributed by atoms with Crippen molar-refractivity contribution in [1.29, 1.82) is 0 Å². The summed E-state index contributed by atoms with van der Waals surface area (Å²) in [5.74, 6) is -0.128. The van der Waals surface area contributed by atoms with Gasteiger partial charge >= 0.3 is 0 Å². The molecule has 0 saturated heterocycles. The van der Waals surface area contributed by atoms with Gasteiger partial charge in [0, 0.05) is 31.5 Å². The molecule has 0 aromatic carbocycles. The van der Waals surface area contributed by atoms with Crippen molar-refractivity contribution in [3.63, 3.8) is 0 Å². The predicted octanol–water partition coefficient (Wildman–Crippen LogP) is 1.88. The molecule has 5 nitrogen and oxygen atoms in total. The van der Waals surface area contributed by atoms with E-state index in [2.05, 4.69) is 22.2 Å². The number of methoxy groups -OCH3 is 1. The molecule has 1 aliphatic heterocycles. The highest BCUT2D eigenvalue weighted by Gasteiger charge is 2.32. The highest BCUT2D eigenvalue weighted by Crippen LogP contribution is 2.28. The second-order valence-electron chi connectivity index (χ2n) is 5.12. The zero-order chi connectivity index (χ0) is 14.0. The summed E-state index contributed by atoms with van der Waals surface area (Å²) in [6, 6.07) is 0. The van der Waals surface area contributed by atoms with Crippen LogP contribution in [0.3, 0.4) is 0 Å². The standard InChI is InChI=1S/C13H21N3O2S/c1-5-13(2,18-4)11(17)15-12-14-9-6-7-16(3)8-10(9)19-12/h5-8H2,1-4H3,(H,14,15,17). The van der Waals surface area contributed by atoms with E-state index in [1.807, 2.05) is 6.92 Å². The molecule has 2 heterocycles. The maximum Gasteiger partial charge on any atom is 0.258 e. The van der Waals surface area contributed by atoms with Crippen molar-refractivity contribution in [2.45, 2.75) is 38.8 Å². The second kappa shape index (κ2) is 5.56. The average molecular weight is 283 g/mol. The first kappa shape index (κ1) is 14.4. The van der Waals surface area contributed by atoms with E-state index in [4.69, 9.17) is 4.74 Å². The van der Waals surface area contributed by atoms with E-state index in [0.717, 1.165) is 25.2 Å². The van der Waals surface area contributed by atoms with Gasteiger partial charge in [-0.05, 0) is 20.4 Å². The molecule has 1 N–H and O–H groups in total. The number of nitrogens with zero attached hydrogens (tertiary/aromatic N) is 2. The summed E-state index contributed by atoms with van der Waals surface area (Å²) < 4.78 is 5.30. The predicted molar refractivity (Wildman–Crippen MR) is 76.5 cm³/mol. The van der Waals surface area contributed by atoms with Crippen LogP contribution in [0.25, 0.3) is 0 Å². The van der Waals surface area contributed by atoms with Crippen molar-refractivity contribution in [1.82, 2.24) is 9.88 Å². The highest BCUT2D eigenvalue weighted by molar-refractivity contribution is 7.15. The first-order chi connectivity index (χ1) is 8.98. The Kier molecular flexibility index (Phi) is 4.23. The smallest absolute Gasteiger partial charge is 0.258 e. The van der Waals surface area contributed by atoms with Crippen molar-refractivity contribution < 1.29 is 9.53 Å². The molecule has 1 atom stereocenters. The molecule has 1 aromatic heterocycles. The van der Waals surface area contributed by atoms with E-state index >= 15 is 0 Å². The third kappa shape index (κ3) is 2.96. The van der Waals surface area contributed by atoms with Crippen molar-refractivity contribution in [3.05, 3.63) is 10.6 Å². The normalized spacial score (nSPS) is 18.7. The fraction of sp³-hybridized carbons (Fsp3) is 0.692. The minimum atomic E-state index is -0.789. The van der Waals surface area contributed by atoms with Crippen molar-refractivity contribution in [2.24, 2.45) is 0 Å². The molecule has 1 amide bonds. The Morgan fingerprint density at radius 3 is 3.00 bits per heavy atom. The van der Waals surface area contributed by atoms with Crippen LogP contribution in [0.2, 0.25) is 0 Å². The Balaban J connectivity index is 2.10. The molecule has 1 aliphatic rings. The molecule has 6 heteroatoms. The lowest BCUT2D eigenvalue weighted by Gasteiger charge is -2.24. The molecule has 2 rings (SSSR count). The maximum atomic E-state index is 12.2. The molecule has 0 fully saturated rings. The number of rotatable bonds is 4. The molecular formula is C13H21N3O2S. The summed E-state index contributed by atoms with van der Waals surface area (Å²) >= 11 is 1.56. The summed E-state index contributed by atoms with van der Waals surface area (Å²) in [7, 11) is 3.66. The summed E-state index contributed by atoms with van der Waals surface area (Å²) in [5.41, 5.74) is 0.331.